The van der Waals surface area contributed by atoms with Crippen molar-refractivity contribution in [3.05, 3.63) is 109 Å². The molecule has 0 spiro atoms. The summed E-state index contributed by atoms with van der Waals surface area (Å²) < 4.78 is 33.4. The minimum Gasteiger partial charge on any atom is -0.462 e. The molecular weight excluding hydrogens is 877 g/mol. The highest BCUT2D eigenvalue weighted by Gasteiger charge is 2.47. The Morgan fingerprint density at radius 1 is 0.485 bits per heavy atom. The van der Waals surface area contributed by atoms with Crippen molar-refractivity contribution in [3.8, 4) is 0 Å². The lowest BCUT2D eigenvalue weighted by molar-refractivity contribution is -0.332. The number of rotatable bonds is 35. The molecule has 5 unspecified atom stereocenters. The van der Waals surface area contributed by atoms with Crippen LogP contribution in [0.15, 0.2) is 109 Å². The molecule has 7 N–H and O–H groups in total. The largest absolute Gasteiger partial charge is 0.462 e. The summed E-state index contributed by atoms with van der Waals surface area (Å²) >= 11 is 0. The standard InChI is InChI=1S/C53H82O15/c1-3-5-7-9-11-13-15-17-18-19-20-21-22-24-25-27-29-31-33-35-44(55)63-38-41(66-45(56)36-34-32-30-28-26-23-16-14-12-10-8-6-4-2)39-64-52-51(62)49(60)47(58)43(68-52)40-65-53-50(61)48(59)46(57)42(37-54)67-53/h5-8,10-14,16-18,20-21,23,26,28,30,41-43,46-54,57-62H,3-4,9,15,19,22,24-25,27,29,31-40H2,1-2H3/b7-5+,8-6+,12-10+,13-11+,16-14+,18-17+,21-20+,26-23+,30-28+/t41?,42-,43-,46+,47+,48?,49?,50?,51?,52-,53-/m1/s1. The summed E-state index contributed by atoms with van der Waals surface area (Å²) in [6.45, 7) is 2.20. The number of carbonyl (C=O) groups is 2. The third-order valence-electron chi connectivity index (χ3n) is 10.9. The van der Waals surface area contributed by atoms with Gasteiger partial charge in [0.15, 0.2) is 18.7 Å². The van der Waals surface area contributed by atoms with Crippen LogP contribution in [-0.4, -0.2) is 142 Å². The molecule has 0 saturated carbocycles. The normalized spacial score (nSPS) is 26.7. The monoisotopic (exact) mass is 959 g/mol. The molecule has 2 saturated heterocycles. The Morgan fingerprint density at radius 3 is 1.59 bits per heavy atom. The van der Waals surface area contributed by atoms with E-state index in [-0.39, 0.29) is 19.4 Å². The van der Waals surface area contributed by atoms with Gasteiger partial charge in [0.2, 0.25) is 0 Å². The van der Waals surface area contributed by atoms with E-state index in [0.717, 1.165) is 70.6 Å². The number of carbonyl (C=O) groups excluding carboxylic acids is 2. The zero-order chi connectivity index (χ0) is 49.6. The summed E-state index contributed by atoms with van der Waals surface area (Å²) in [7, 11) is 0. The third-order valence-corrected chi connectivity index (χ3v) is 10.9. The van der Waals surface area contributed by atoms with Gasteiger partial charge in [0.1, 0.15) is 55.4 Å². The van der Waals surface area contributed by atoms with Crippen LogP contribution in [0.3, 0.4) is 0 Å². The van der Waals surface area contributed by atoms with Crippen molar-refractivity contribution in [2.45, 2.75) is 184 Å². The van der Waals surface area contributed by atoms with Crippen LogP contribution >= 0.6 is 0 Å². The Balaban J connectivity index is 1.85. The van der Waals surface area contributed by atoms with Crippen molar-refractivity contribution in [1.29, 1.82) is 0 Å². The predicted molar refractivity (Wildman–Crippen MR) is 261 cm³/mol. The zero-order valence-electron chi connectivity index (χ0n) is 40.3. The Kier molecular flexibility index (Phi) is 34.5. The van der Waals surface area contributed by atoms with Crippen LogP contribution in [0.1, 0.15) is 117 Å². The highest BCUT2D eigenvalue weighted by atomic mass is 16.7. The van der Waals surface area contributed by atoms with E-state index in [1.165, 1.54) is 0 Å². The number of allylic oxidation sites excluding steroid dienone is 18. The SMILES string of the molecule is CC/C=C/C=C/C=C/C=C/C=C/CCCC(=O)OC(COC(=O)CCCCCCCC/C=C/C/C=C/C/C=C/C/C=C/CC)CO[C@@H]1O[C@H](CO[C@@H]2O[C@H](CO)[C@H](O)C(O)C2O)[C@H](O)C(O)C1O. The van der Waals surface area contributed by atoms with Crippen LogP contribution in [-0.2, 0) is 38.0 Å². The van der Waals surface area contributed by atoms with E-state index < -0.39 is 99.3 Å². The van der Waals surface area contributed by atoms with Gasteiger partial charge in [-0.25, -0.2) is 0 Å². The fraction of sp³-hybridized carbons (Fsp3) is 0.623. The van der Waals surface area contributed by atoms with Gasteiger partial charge < -0.3 is 64.2 Å². The Morgan fingerprint density at radius 2 is 0.971 bits per heavy atom. The second kappa shape index (κ2) is 38.9. The van der Waals surface area contributed by atoms with Gasteiger partial charge in [0.05, 0.1) is 19.8 Å². The molecule has 15 heteroatoms. The molecule has 2 aliphatic rings. The summed E-state index contributed by atoms with van der Waals surface area (Å²) in [6, 6.07) is 0. The molecule has 2 aliphatic heterocycles. The lowest BCUT2D eigenvalue weighted by Crippen LogP contribution is -2.61. The first-order valence-electron chi connectivity index (χ1n) is 24.5. The van der Waals surface area contributed by atoms with Crippen LogP contribution in [0.25, 0.3) is 0 Å². The molecule has 0 aromatic carbocycles. The number of hydrogen-bond donors (Lipinski definition) is 7. The minimum atomic E-state index is -1.79. The first-order chi connectivity index (χ1) is 33.0. The third kappa shape index (κ3) is 26.8. The molecule has 0 bridgehead atoms. The molecule has 2 rings (SSSR count). The number of ether oxygens (including phenoxy) is 6. The van der Waals surface area contributed by atoms with Crippen molar-refractivity contribution in [2.24, 2.45) is 0 Å². The maximum absolute atomic E-state index is 12.9. The van der Waals surface area contributed by atoms with Gasteiger partial charge in [0.25, 0.3) is 0 Å². The molecule has 11 atom stereocenters. The maximum atomic E-state index is 12.9. The average Bonchev–Trinajstić information content (AvgIpc) is 3.33. The van der Waals surface area contributed by atoms with Gasteiger partial charge in [-0.2, -0.15) is 0 Å². The zero-order valence-corrected chi connectivity index (χ0v) is 40.3. The second-order valence-electron chi connectivity index (χ2n) is 16.6. The molecule has 384 valence electrons. The van der Waals surface area contributed by atoms with Crippen LogP contribution in [0, 0.1) is 0 Å². The van der Waals surface area contributed by atoms with Gasteiger partial charge in [-0.05, 0) is 64.2 Å². The molecule has 0 aromatic rings. The van der Waals surface area contributed by atoms with E-state index in [9.17, 15) is 45.3 Å². The topological polar surface area (TPSA) is 231 Å². The Bertz CT molecular complexity index is 1600. The summed E-state index contributed by atoms with van der Waals surface area (Å²) in [5.74, 6) is -1.04. The molecule has 0 radical (unpaired) electrons. The van der Waals surface area contributed by atoms with Crippen LogP contribution in [0.2, 0.25) is 0 Å². The van der Waals surface area contributed by atoms with Crippen LogP contribution in [0.4, 0.5) is 0 Å². The van der Waals surface area contributed by atoms with Gasteiger partial charge in [0, 0.05) is 12.8 Å². The van der Waals surface area contributed by atoms with Crippen molar-refractivity contribution in [2.75, 3.05) is 26.4 Å². The molecule has 68 heavy (non-hydrogen) atoms. The molecule has 0 aliphatic carbocycles. The van der Waals surface area contributed by atoms with Crippen molar-refractivity contribution in [3.63, 3.8) is 0 Å². The van der Waals surface area contributed by atoms with Crippen molar-refractivity contribution < 1.29 is 73.8 Å². The maximum Gasteiger partial charge on any atom is 0.306 e. The van der Waals surface area contributed by atoms with E-state index in [2.05, 4.69) is 68.5 Å². The van der Waals surface area contributed by atoms with Crippen molar-refractivity contribution in [1.82, 2.24) is 0 Å². The van der Waals surface area contributed by atoms with Crippen LogP contribution in [0.5, 0.6) is 0 Å². The average molecular weight is 959 g/mol. The van der Waals surface area contributed by atoms with Gasteiger partial charge in [-0.15, -0.1) is 0 Å². The van der Waals surface area contributed by atoms with Crippen molar-refractivity contribution >= 4 is 11.9 Å². The molecule has 2 heterocycles. The Labute approximate surface area is 404 Å². The fourth-order valence-electron chi connectivity index (χ4n) is 6.88. The quantitative estimate of drug-likeness (QED) is 0.0158. The van der Waals surface area contributed by atoms with E-state index in [0.29, 0.717) is 19.3 Å². The number of esters is 2. The van der Waals surface area contributed by atoms with E-state index >= 15 is 0 Å². The number of aliphatic hydroxyl groups is 7. The second-order valence-corrected chi connectivity index (χ2v) is 16.6. The minimum absolute atomic E-state index is 0.0583. The lowest BCUT2D eigenvalue weighted by Gasteiger charge is -2.42. The van der Waals surface area contributed by atoms with Gasteiger partial charge >= 0.3 is 11.9 Å². The van der Waals surface area contributed by atoms with Gasteiger partial charge in [-0.3, -0.25) is 9.59 Å². The molecule has 2 fully saturated rings. The van der Waals surface area contributed by atoms with E-state index in [1.807, 2.05) is 54.7 Å². The molecule has 0 amide bonds. The predicted octanol–water partition coefficient (Wildman–Crippen LogP) is 6.37. The first-order valence-corrected chi connectivity index (χ1v) is 24.5. The summed E-state index contributed by atoms with van der Waals surface area (Å²) in [6.07, 6.45) is 32.8. The number of aliphatic hydroxyl groups excluding tert-OH is 7. The first kappa shape index (κ1) is 60.3. The van der Waals surface area contributed by atoms with Gasteiger partial charge in [-0.1, -0.05) is 149 Å². The molecule has 0 aromatic heterocycles. The fourth-order valence-corrected chi connectivity index (χ4v) is 6.88. The summed E-state index contributed by atoms with van der Waals surface area (Å²) in [5, 5.41) is 72.0. The summed E-state index contributed by atoms with van der Waals surface area (Å²) in [4.78, 5) is 25.7. The summed E-state index contributed by atoms with van der Waals surface area (Å²) in [5.41, 5.74) is 0. The highest BCUT2D eigenvalue weighted by Crippen LogP contribution is 2.26. The van der Waals surface area contributed by atoms with Crippen LogP contribution < -0.4 is 0 Å². The Hall–Kier alpha value is -3.84. The number of hydrogen-bond acceptors (Lipinski definition) is 15. The molecule has 15 nitrogen and oxygen atoms in total. The number of unbranched alkanes of at least 4 members (excludes halogenated alkanes) is 7. The van der Waals surface area contributed by atoms with E-state index in [4.69, 9.17) is 28.4 Å². The molecular formula is C53H82O15. The van der Waals surface area contributed by atoms with E-state index in [1.54, 1.807) is 0 Å². The highest BCUT2D eigenvalue weighted by molar-refractivity contribution is 5.70. The smallest absolute Gasteiger partial charge is 0.306 e. The lowest BCUT2D eigenvalue weighted by atomic mass is 9.98.